The van der Waals surface area contributed by atoms with E-state index in [1.165, 1.54) is 0 Å². The average molecular weight is 324 g/mol. The first-order valence-corrected chi connectivity index (χ1v) is 8.07. The van der Waals surface area contributed by atoms with E-state index in [0.717, 1.165) is 33.0 Å². The van der Waals surface area contributed by atoms with Crippen LogP contribution in [0.15, 0.2) is 72.8 Å². The number of ether oxygens (including phenoxy) is 1. The van der Waals surface area contributed by atoms with E-state index >= 15 is 0 Å². The highest BCUT2D eigenvalue weighted by Crippen LogP contribution is 2.49. The molecule has 0 N–H and O–H groups in total. The number of fused-ring (bicyclic) bond motifs is 2. The standard InChI is InChI=1S/C23H16O2/c1-4-23(25-22(24)15(2)3)19-13-6-5-11-17(19)18-12-7-9-16-10-8-14-20(23)21(16)18/h1,5-14H,2H2,3H3. The van der Waals surface area contributed by atoms with E-state index in [1.54, 1.807) is 6.92 Å². The predicted octanol–water partition coefficient (Wildman–Crippen LogP) is 4.82. The Bertz CT molecular complexity index is 1080. The molecule has 0 saturated carbocycles. The lowest BCUT2D eigenvalue weighted by Crippen LogP contribution is -2.35. The molecular formula is C23H16O2. The zero-order valence-corrected chi connectivity index (χ0v) is 13.9. The number of hydrogen-bond donors (Lipinski definition) is 0. The number of carbonyl (C=O) groups is 1. The third-order valence-electron chi connectivity index (χ3n) is 4.68. The zero-order chi connectivity index (χ0) is 17.6. The fourth-order valence-corrected chi connectivity index (χ4v) is 3.55. The number of carbonyl (C=O) groups excluding carboxylic acids is 1. The molecular weight excluding hydrogens is 308 g/mol. The minimum absolute atomic E-state index is 0.318. The van der Waals surface area contributed by atoms with Crippen LogP contribution >= 0.6 is 0 Å². The monoisotopic (exact) mass is 324 g/mol. The van der Waals surface area contributed by atoms with Gasteiger partial charge in [-0.1, -0.05) is 67.2 Å². The third-order valence-corrected chi connectivity index (χ3v) is 4.68. The van der Waals surface area contributed by atoms with Gasteiger partial charge < -0.3 is 4.74 Å². The topological polar surface area (TPSA) is 26.3 Å². The Morgan fingerprint density at radius 2 is 1.64 bits per heavy atom. The lowest BCUT2D eigenvalue weighted by Gasteiger charge is -2.36. The first-order valence-electron chi connectivity index (χ1n) is 8.07. The highest BCUT2D eigenvalue weighted by molar-refractivity contribution is 6.04. The van der Waals surface area contributed by atoms with Crippen molar-refractivity contribution in [2.45, 2.75) is 12.5 Å². The van der Waals surface area contributed by atoms with Crippen molar-refractivity contribution in [3.05, 3.63) is 83.9 Å². The van der Waals surface area contributed by atoms with E-state index in [4.69, 9.17) is 11.2 Å². The van der Waals surface area contributed by atoms with Gasteiger partial charge in [0.25, 0.3) is 0 Å². The minimum Gasteiger partial charge on any atom is -0.434 e. The molecule has 120 valence electrons. The summed E-state index contributed by atoms with van der Waals surface area (Å²) in [6.07, 6.45) is 5.98. The largest absolute Gasteiger partial charge is 0.434 e. The first kappa shape index (κ1) is 15.2. The van der Waals surface area contributed by atoms with Crippen molar-refractivity contribution in [2.75, 3.05) is 0 Å². The second-order valence-corrected chi connectivity index (χ2v) is 6.25. The molecule has 0 saturated heterocycles. The van der Waals surface area contributed by atoms with Crippen molar-refractivity contribution in [1.29, 1.82) is 0 Å². The molecule has 1 atom stereocenters. The summed E-state index contributed by atoms with van der Waals surface area (Å²) in [5.74, 6) is 2.28. The lowest BCUT2D eigenvalue weighted by molar-refractivity contribution is -0.147. The van der Waals surface area contributed by atoms with E-state index in [9.17, 15) is 4.79 Å². The first-order chi connectivity index (χ1) is 12.1. The minimum atomic E-state index is -1.26. The van der Waals surface area contributed by atoms with Gasteiger partial charge in [0.2, 0.25) is 5.60 Å². The molecule has 0 aliphatic heterocycles. The Balaban J connectivity index is 2.15. The molecule has 0 radical (unpaired) electrons. The second-order valence-electron chi connectivity index (χ2n) is 6.25. The summed E-state index contributed by atoms with van der Waals surface area (Å²) >= 11 is 0. The zero-order valence-electron chi connectivity index (χ0n) is 13.9. The van der Waals surface area contributed by atoms with Gasteiger partial charge in [0.1, 0.15) is 0 Å². The quantitative estimate of drug-likeness (QED) is 0.384. The molecule has 25 heavy (non-hydrogen) atoms. The van der Waals surface area contributed by atoms with Gasteiger partial charge in [0, 0.05) is 16.7 Å². The summed E-state index contributed by atoms with van der Waals surface area (Å²) in [6, 6.07) is 19.9. The highest BCUT2D eigenvalue weighted by Gasteiger charge is 2.43. The summed E-state index contributed by atoms with van der Waals surface area (Å²) in [6.45, 7) is 5.31. The van der Waals surface area contributed by atoms with E-state index in [1.807, 2.05) is 54.6 Å². The molecule has 3 aromatic carbocycles. The fourth-order valence-electron chi connectivity index (χ4n) is 3.55. The Morgan fingerprint density at radius 3 is 2.36 bits per heavy atom. The van der Waals surface area contributed by atoms with Crippen LogP contribution in [0.3, 0.4) is 0 Å². The van der Waals surface area contributed by atoms with Crippen LogP contribution in [0.2, 0.25) is 0 Å². The van der Waals surface area contributed by atoms with Crippen molar-refractivity contribution in [1.82, 2.24) is 0 Å². The molecule has 0 aromatic heterocycles. The summed E-state index contributed by atoms with van der Waals surface area (Å²) in [7, 11) is 0. The molecule has 0 heterocycles. The van der Waals surface area contributed by atoms with Gasteiger partial charge in [-0.2, -0.15) is 0 Å². The number of esters is 1. The van der Waals surface area contributed by atoms with Crippen LogP contribution in [0.4, 0.5) is 0 Å². The number of hydrogen-bond acceptors (Lipinski definition) is 2. The molecule has 0 spiro atoms. The van der Waals surface area contributed by atoms with Crippen LogP contribution in [-0.2, 0) is 15.1 Å². The van der Waals surface area contributed by atoms with Crippen LogP contribution in [0.5, 0.6) is 0 Å². The number of rotatable bonds is 2. The molecule has 3 aromatic rings. The fraction of sp³-hybridized carbons (Fsp3) is 0.0870. The molecule has 0 amide bonds. The summed E-state index contributed by atoms with van der Waals surface area (Å²) in [4.78, 5) is 12.4. The van der Waals surface area contributed by atoms with E-state index in [2.05, 4.69) is 18.6 Å². The second kappa shape index (κ2) is 5.36. The molecule has 0 fully saturated rings. The average Bonchev–Trinajstić information content (AvgIpc) is 2.65. The Labute approximate surface area is 146 Å². The highest BCUT2D eigenvalue weighted by atomic mass is 16.6. The van der Waals surface area contributed by atoms with E-state index in [-0.39, 0.29) is 0 Å². The summed E-state index contributed by atoms with van der Waals surface area (Å²) < 4.78 is 5.89. The van der Waals surface area contributed by atoms with Gasteiger partial charge in [-0.15, -0.1) is 6.42 Å². The van der Waals surface area contributed by atoms with Crippen LogP contribution < -0.4 is 0 Å². The molecule has 1 aliphatic carbocycles. The van der Waals surface area contributed by atoms with Gasteiger partial charge in [0.15, 0.2) is 0 Å². The Morgan fingerprint density at radius 1 is 1.00 bits per heavy atom. The van der Waals surface area contributed by atoms with Crippen molar-refractivity contribution in [3.63, 3.8) is 0 Å². The third kappa shape index (κ3) is 2.03. The van der Waals surface area contributed by atoms with Crippen LogP contribution in [0.25, 0.3) is 21.9 Å². The molecule has 1 aliphatic rings. The maximum absolute atomic E-state index is 12.4. The Hall–Kier alpha value is -3.31. The predicted molar refractivity (Wildman–Crippen MR) is 99.9 cm³/mol. The van der Waals surface area contributed by atoms with Crippen molar-refractivity contribution in [2.24, 2.45) is 0 Å². The maximum atomic E-state index is 12.4. The molecule has 0 bridgehead atoms. The SMILES string of the molecule is C#CC1(OC(=O)C(=C)C)c2ccccc2-c2cccc3cccc1c23. The van der Waals surface area contributed by atoms with Crippen LogP contribution in [0, 0.1) is 12.3 Å². The van der Waals surface area contributed by atoms with Gasteiger partial charge in [-0.3, -0.25) is 0 Å². The number of benzene rings is 3. The smallest absolute Gasteiger partial charge is 0.335 e. The summed E-state index contributed by atoms with van der Waals surface area (Å²) in [5.41, 5.74) is 2.76. The van der Waals surface area contributed by atoms with Crippen molar-refractivity contribution >= 4 is 16.7 Å². The van der Waals surface area contributed by atoms with Gasteiger partial charge >= 0.3 is 5.97 Å². The van der Waals surface area contributed by atoms with Crippen LogP contribution in [0.1, 0.15) is 18.1 Å². The molecule has 2 heteroatoms. The molecule has 1 unspecified atom stereocenters. The Kier molecular flexibility index (Phi) is 3.26. The normalized spacial score (nSPS) is 17.4. The summed E-state index contributed by atoms with van der Waals surface area (Å²) in [5, 5.41) is 2.09. The van der Waals surface area contributed by atoms with Gasteiger partial charge in [-0.05, 0) is 34.7 Å². The molecule has 4 rings (SSSR count). The van der Waals surface area contributed by atoms with E-state index in [0.29, 0.717) is 5.57 Å². The van der Waals surface area contributed by atoms with Crippen molar-refractivity contribution < 1.29 is 9.53 Å². The van der Waals surface area contributed by atoms with Gasteiger partial charge in [0.05, 0.1) is 0 Å². The van der Waals surface area contributed by atoms with Crippen molar-refractivity contribution in [3.8, 4) is 23.5 Å². The number of terminal acetylenes is 1. The lowest BCUT2D eigenvalue weighted by atomic mass is 9.74. The molecule has 2 nitrogen and oxygen atoms in total. The van der Waals surface area contributed by atoms with Gasteiger partial charge in [-0.25, -0.2) is 4.79 Å². The van der Waals surface area contributed by atoms with Crippen LogP contribution in [-0.4, -0.2) is 5.97 Å². The maximum Gasteiger partial charge on any atom is 0.335 e. The van der Waals surface area contributed by atoms with E-state index < -0.39 is 11.6 Å².